The summed E-state index contributed by atoms with van der Waals surface area (Å²) in [5, 5.41) is 13.3. The summed E-state index contributed by atoms with van der Waals surface area (Å²) >= 11 is 0. The molecule has 13 aromatic carbocycles. The van der Waals surface area contributed by atoms with Gasteiger partial charge in [0.2, 0.25) is 0 Å². The Kier molecular flexibility index (Phi) is 15.6. The van der Waals surface area contributed by atoms with E-state index in [9.17, 15) is 0 Å². The van der Waals surface area contributed by atoms with Gasteiger partial charge in [-0.3, -0.25) is 0 Å². The van der Waals surface area contributed by atoms with E-state index in [-0.39, 0.29) is 23.5 Å². The average Bonchev–Trinajstić information content (AvgIpc) is 0.855. The Hall–Kier alpha value is -10.2. The van der Waals surface area contributed by atoms with Crippen LogP contribution in [0, 0.1) is 0 Å². The number of hydrogen-bond acceptors (Lipinski definition) is 2. The molecule has 6 heteroatoms. The quantitative estimate of drug-likeness (QED) is 0.0842. The Labute approximate surface area is 582 Å². The summed E-state index contributed by atoms with van der Waals surface area (Å²) in [6, 6.07) is 122. The monoisotopic (exact) mass is 1300 g/mol. The highest BCUT2D eigenvalue weighted by atomic mass is 28.3. The summed E-state index contributed by atoms with van der Waals surface area (Å²) in [6.45, 7) is 23.3. The van der Waals surface area contributed by atoms with E-state index in [1.165, 1.54) is 125 Å². The molecule has 0 amide bonds. The second-order valence-corrected chi connectivity index (χ2v) is 37.7. The molecule has 2 aliphatic rings. The van der Waals surface area contributed by atoms with Gasteiger partial charge in [-0.25, -0.2) is 0 Å². The van der Waals surface area contributed by atoms with Crippen molar-refractivity contribution < 1.29 is 0 Å². The molecule has 0 aliphatic carbocycles. The van der Waals surface area contributed by atoms with Gasteiger partial charge in [0, 0.05) is 44.9 Å². The summed E-state index contributed by atoms with van der Waals surface area (Å²) < 4.78 is 2.60. The molecule has 3 heterocycles. The highest BCUT2D eigenvalue weighted by molar-refractivity contribution is 7.20. The highest BCUT2D eigenvalue weighted by Crippen LogP contribution is 2.48. The minimum atomic E-state index is -3.02. The Balaban J connectivity index is 1.03. The van der Waals surface area contributed by atoms with Crippen LogP contribution < -0.4 is 67.7 Å². The van der Waals surface area contributed by atoms with Crippen LogP contribution in [0.5, 0.6) is 0 Å². The number of fused-ring (bicyclic) bond motifs is 7. The molecule has 0 N–H and O–H groups in total. The van der Waals surface area contributed by atoms with Crippen molar-refractivity contribution in [3.63, 3.8) is 0 Å². The van der Waals surface area contributed by atoms with Gasteiger partial charge >= 0.3 is 0 Å². The fourth-order valence-corrected chi connectivity index (χ4v) is 26.0. The minimum absolute atomic E-state index is 0.0573. The minimum Gasteiger partial charge on any atom is -0.311 e. The van der Waals surface area contributed by atoms with Crippen LogP contribution in [-0.4, -0.2) is 27.4 Å². The first-order valence-electron chi connectivity index (χ1n) is 35.2. The molecular formula is C92H84BN3Si2. The van der Waals surface area contributed by atoms with E-state index >= 15 is 0 Å². The maximum absolute atomic E-state index is 3.02. The van der Waals surface area contributed by atoms with E-state index in [0.717, 1.165) is 17.1 Å². The van der Waals surface area contributed by atoms with E-state index in [2.05, 4.69) is 399 Å². The van der Waals surface area contributed by atoms with Crippen LogP contribution in [0.2, 0.25) is 0 Å². The zero-order chi connectivity index (χ0) is 67.2. The van der Waals surface area contributed by atoms with Gasteiger partial charge in [-0.1, -0.05) is 312 Å². The second kappa shape index (κ2) is 24.4. The Morgan fingerprint density at radius 2 is 0.633 bits per heavy atom. The SMILES string of the molecule is CC(C)c1ccc2c(c1)N(c1ccc([Si](c3ccccc3)(c3ccccc3)c3ccccc3)cc1)c1cc(-n3c4ccc(C(C)(C)C)cc4c4cc(C(C)(C)C)ccc43)cc3c1B2c1ccc(C(C)C)cc1N3c1cccc([Si](c2ccccc2)(c2ccccc2)c2ccccc2)c1. The first-order valence-corrected chi connectivity index (χ1v) is 39.2. The van der Waals surface area contributed by atoms with Crippen LogP contribution in [0.3, 0.4) is 0 Å². The predicted octanol–water partition coefficient (Wildman–Crippen LogP) is 16.5. The molecule has 478 valence electrons. The largest absolute Gasteiger partial charge is 0.311 e. The third-order valence-corrected chi connectivity index (χ3v) is 31.1. The zero-order valence-electron chi connectivity index (χ0n) is 58.1. The topological polar surface area (TPSA) is 11.4 Å². The summed E-state index contributed by atoms with van der Waals surface area (Å²) in [7, 11) is -5.91. The van der Waals surface area contributed by atoms with E-state index in [1.54, 1.807) is 0 Å². The van der Waals surface area contributed by atoms with Crippen molar-refractivity contribution in [2.75, 3.05) is 9.80 Å². The lowest BCUT2D eigenvalue weighted by Gasteiger charge is -2.45. The summed E-state index contributed by atoms with van der Waals surface area (Å²) in [4.78, 5) is 5.34. The van der Waals surface area contributed by atoms with E-state index in [0.29, 0.717) is 5.92 Å². The van der Waals surface area contributed by atoms with Gasteiger partial charge in [0.25, 0.3) is 6.71 Å². The molecule has 3 nitrogen and oxygen atoms in total. The molecule has 0 atom stereocenters. The number of benzene rings is 13. The molecule has 0 unspecified atom stereocenters. The van der Waals surface area contributed by atoms with Gasteiger partial charge in [0.15, 0.2) is 16.1 Å². The van der Waals surface area contributed by atoms with Crippen molar-refractivity contribution in [3.05, 3.63) is 338 Å². The van der Waals surface area contributed by atoms with Crippen LogP contribution in [0.25, 0.3) is 27.5 Å². The van der Waals surface area contributed by atoms with Crippen molar-refractivity contribution >= 4 is 137 Å². The van der Waals surface area contributed by atoms with E-state index < -0.39 is 16.1 Å². The highest BCUT2D eigenvalue weighted by Gasteiger charge is 2.47. The van der Waals surface area contributed by atoms with Gasteiger partial charge in [0.1, 0.15) is 0 Å². The lowest BCUT2D eigenvalue weighted by atomic mass is 9.33. The van der Waals surface area contributed by atoms with E-state index in [1.807, 2.05) is 0 Å². The van der Waals surface area contributed by atoms with Crippen molar-refractivity contribution in [3.8, 4) is 5.69 Å². The summed E-state index contributed by atoms with van der Waals surface area (Å²) in [5.41, 5.74) is 19.6. The second-order valence-electron chi connectivity index (χ2n) is 30.0. The normalized spacial score (nSPS) is 13.1. The predicted molar refractivity (Wildman–Crippen MR) is 428 cm³/mol. The van der Waals surface area contributed by atoms with Crippen LogP contribution in [0.15, 0.2) is 315 Å². The van der Waals surface area contributed by atoms with Crippen molar-refractivity contribution in [2.24, 2.45) is 0 Å². The van der Waals surface area contributed by atoms with Crippen molar-refractivity contribution in [1.29, 1.82) is 0 Å². The fraction of sp³-hybridized carbons (Fsp3) is 0.152. The standard InChI is InChI=1S/C92H84BN3Si2/c1-63(2)65-44-52-82-86(56-65)94(69-48-50-78(51-49-69)97(72-31-17-11-18-32-72,73-33-19-12-20-34-73)74-35-21-13-22-36-74)88-61-71(96-84-54-46-67(91(5,6)7)58-80(84)81-59-68(92(8,9)10)47-55-85(81)96)62-89-90(88)93(82)83-53-45-66(64(3)4)57-87(83)95(89)70-30-29-43-79(60-70)98(75-37-23-14-24-38-75,76-39-25-15-26-40-76)77-41-27-16-28-42-77/h11-64H,1-10H3. The molecule has 98 heavy (non-hydrogen) atoms. The van der Waals surface area contributed by atoms with E-state index in [4.69, 9.17) is 0 Å². The van der Waals surface area contributed by atoms with Crippen molar-refractivity contribution in [2.45, 2.75) is 91.9 Å². The molecule has 16 rings (SSSR count). The molecular weight excluding hydrogens is 1210 g/mol. The molecule has 0 fully saturated rings. The average molecular weight is 1300 g/mol. The van der Waals surface area contributed by atoms with Crippen LogP contribution >= 0.6 is 0 Å². The molecule has 0 spiro atoms. The number of anilines is 6. The lowest BCUT2D eigenvalue weighted by Crippen LogP contribution is -2.74. The van der Waals surface area contributed by atoms with Gasteiger partial charge in [-0.15, -0.1) is 0 Å². The number of nitrogens with zero attached hydrogens (tertiary/aromatic N) is 3. The molecule has 0 radical (unpaired) electrons. The molecule has 0 saturated carbocycles. The Morgan fingerprint density at radius 3 is 1.00 bits per heavy atom. The summed E-state index contributed by atoms with van der Waals surface area (Å²) in [5.74, 6) is 0.585. The van der Waals surface area contributed by atoms with Gasteiger partial charge in [0.05, 0.1) is 16.7 Å². The Morgan fingerprint density at radius 1 is 0.286 bits per heavy atom. The first kappa shape index (κ1) is 62.6. The van der Waals surface area contributed by atoms with Gasteiger partial charge in [-0.2, -0.15) is 0 Å². The molecule has 14 aromatic rings. The smallest absolute Gasteiger partial charge is 0.252 e. The van der Waals surface area contributed by atoms with Crippen LogP contribution in [-0.2, 0) is 10.8 Å². The fourth-order valence-electron chi connectivity index (χ4n) is 16.5. The first-order chi connectivity index (χ1) is 47.5. The van der Waals surface area contributed by atoms with Crippen molar-refractivity contribution in [1.82, 2.24) is 4.57 Å². The third kappa shape index (κ3) is 10.2. The lowest BCUT2D eigenvalue weighted by molar-refractivity contribution is 0.590. The van der Waals surface area contributed by atoms with Gasteiger partial charge < -0.3 is 14.4 Å². The zero-order valence-corrected chi connectivity index (χ0v) is 60.1. The molecule has 0 bridgehead atoms. The van der Waals surface area contributed by atoms with Gasteiger partial charge in [-0.05, 0) is 176 Å². The number of hydrogen-bond donors (Lipinski definition) is 0. The maximum Gasteiger partial charge on any atom is 0.252 e. The Bertz CT molecular complexity index is 5020. The molecule has 0 saturated heterocycles. The summed E-state index contributed by atoms with van der Waals surface area (Å²) in [6.07, 6.45) is 0. The number of aromatic nitrogens is 1. The molecule has 2 aliphatic heterocycles. The third-order valence-electron chi connectivity index (χ3n) is 21.5. The maximum atomic E-state index is 2.68. The number of rotatable bonds is 13. The molecule has 1 aromatic heterocycles. The van der Waals surface area contributed by atoms with Crippen LogP contribution in [0.4, 0.5) is 34.1 Å². The van der Waals surface area contributed by atoms with Crippen LogP contribution in [0.1, 0.15) is 103 Å².